The lowest BCUT2D eigenvalue weighted by molar-refractivity contribution is -0.0871. The number of carbonyl (C=O) groups is 1. The summed E-state index contributed by atoms with van der Waals surface area (Å²) >= 11 is 0. The topological polar surface area (TPSA) is 123 Å². The molecule has 2 aromatic rings. The second-order valence-corrected chi connectivity index (χ2v) is 9.56. The molecular weight excluding hydrogens is 455 g/mol. The molecule has 0 spiro atoms. The minimum absolute atomic E-state index is 0.0612. The maximum atomic E-state index is 13.1. The van der Waals surface area contributed by atoms with Crippen molar-refractivity contribution in [2.45, 2.75) is 42.4 Å². The molecule has 2 aliphatic rings. The number of aliphatic hydroxyl groups excluding tert-OH is 1. The monoisotopic (exact) mass is 480 g/mol. The summed E-state index contributed by atoms with van der Waals surface area (Å²) in [5.41, 5.74) is 0.451. The molecule has 1 saturated heterocycles. The Morgan fingerprint density at radius 2 is 1.85 bits per heavy atom. The largest absolute Gasteiger partial charge is 0.454 e. The number of hydrogen-bond donors (Lipinski definition) is 3. The highest BCUT2D eigenvalue weighted by atomic mass is 32.2. The molecular formula is C22H25FN2O7S. The van der Waals surface area contributed by atoms with E-state index in [4.69, 9.17) is 14.2 Å². The first-order chi connectivity index (χ1) is 15.9. The summed E-state index contributed by atoms with van der Waals surface area (Å²) in [6.45, 7) is 0.116. The molecule has 33 heavy (non-hydrogen) atoms. The Hall–Kier alpha value is -2.73. The van der Waals surface area contributed by atoms with Gasteiger partial charge in [0.1, 0.15) is 5.82 Å². The van der Waals surface area contributed by atoms with Crippen molar-refractivity contribution < 1.29 is 36.9 Å². The highest BCUT2D eigenvalue weighted by molar-refractivity contribution is 7.89. The van der Waals surface area contributed by atoms with E-state index in [9.17, 15) is 22.7 Å². The van der Waals surface area contributed by atoms with Gasteiger partial charge in [-0.2, -0.15) is 0 Å². The van der Waals surface area contributed by atoms with E-state index >= 15 is 0 Å². The summed E-state index contributed by atoms with van der Waals surface area (Å²) in [7, 11) is -3.88. The molecule has 0 unspecified atom stereocenters. The zero-order chi connectivity index (χ0) is 23.4. The highest BCUT2D eigenvalue weighted by Crippen LogP contribution is 2.32. The van der Waals surface area contributed by atoms with Crippen LogP contribution in [0.5, 0.6) is 11.5 Å². The van der Waals surface area contributed by atoms with E-state index in [1.807, 2.05) is 0 Å². The molecule has 0 aliphatic carbocycles. The van der Waals surface area contributed by atoms with Gasteiger partial charge in [-0.15, -0.1) is 0 Å². The second-order valence-electron chi connectivity index (χ2n) is 7.85. The van der Waals surface area contributed by atoms with E-state index in [-0.39, 0.29) is 30.3 Å². The normalized spacial score (nSPS) is 22.2. The second kappa shape index (κ2) is 10.0. The van der Waals surface area contributed by atoms with Gasteiger partial charge in [0.15, 0.2) is 11.5 Å². The first-order valence-electron chi connectivity index (χ1n) is 10.6. The van der Waals surface area contributed by atoms with Gasteiger partial charge >= 0.3 is 0 Å². The zero-order valence-corrected chi connectivity index (χ0v) is 18.5. The third kappa shape index (κ3) is 5.61. The molecule has 3 N–H and O–H groups in total. The molecule has 0 aromatic heterocycles. The molecule has 2 heterocycles. The average molecular weight is 481 g/mol. The Balaban J connectivity index is 1.27. The van der Waals surface area contributed by atoms with Crippen LogP contribution in [-0.2, 0) is 14.8 Å². The van der Waals surface area contributed by atoms with Gasteiger partial charge < -0.3 is 24.6 Å². The van der Waals surface area contributed by atoms with Crippen molar-refractivity contribution >= 4 is 15.9 Å². The molecule has 178 valence electrons. The number of ether oxygens (including phenoxy) is 3. The minimum Gasteiger partial charge on any atom is -0.454 e. The van der Waals surface area contributed by atoms with E-state index in [0.717, 1.165) is 12.1 Å². The fourth-order valence-electron chi connectivity index (χ4n) is 3.85. The summed E-state index contributed by atoms with van der Waals surface area (Å²) in [6, 6.07) is 8.84. The summed E-state index contributed by atoms with van der Waals surface area (Å²) < 4.78 is 57.2. The molecule has 0 saturated carbocycles. The Bertz CT molecular complexity index is 1090. The summed E-state index contributed by atoms with van der Waals surface area (Å²) in [5.74, 6) is 0.337. The lowest BCUT2D eigenvalue weighted by atomic mass is 9.98. The van der Waals surface area contributed by atoms with E-state index in [2.05, 4.69) is 10.0 Å². The number of aliphatic hydroxyl groups is 1. The van der Waals surface area contributed by atoms with Gasteiger partial charge in [0, 0.05) is 12.1 Å². The van der Waals surface area contributed by atoms with E-state index < -0.39 is 28.0 Å². The van der Waals surface area contributed by atoms with E-state index in [1.54, 1.807) is 18.2 Å². The van der Waals surface area contributed by atoms with Crippen LogP contribution in [0.25, 0.3) is 0 Å². The maximum absolute atomic E-state index is 13.1. The number of rotatable bonds is 8. The molecule has 2 aliphatic heterocycles. The van der Waals surface area contributed by atoms with Gasteiger partial charge in [-0.05, 0) is 61.7 Å². The third-order valence-corrected chi connectivity index (χ3v) is 7.12. The predicted octanol–water partition coefficient (Wildman–Crippen LogP) is 1.56. The number of halogens is 1. The van der Waals surface area contributed by atoms with Crippen LogP contribution in [0, 0.1) is 5.82 Å². The van der Waals surface area contributed by atoms with Crippen molar-refractivity contribution in [2.75, 3.05) is 19.9 Å². The van der Waals surface area contributed by atoms with Gasteiger partial charge in [0.05, 0.1) is 29.8 Å². The molecule has 9 nitrogen and oxygen atoms in total. The van der Waals surface area contributed by atoms with Crippen molar-refractivity contribution in [2.24, 2.45) is 0 Å². The summed E-state index contributed by atoms with van der Waals surface area (Å²) in [4.78, 5) is 12.3. The lowest BCUT2D eigenvalue weighted by Crippen LogP contribution is -2.51. The number of carbonyl (C=O) groups excluding carboxylic acids is 1. The summed E-state index contributed by atoms with van der Waals surface area (Å²) in [5, 5.41) is 12.5. The van der Waals surface area contributed by atoms with Crippen LogP contribution in [0.3, 0.4) is 0 Å². The fraction of sp³-hybridized carbons (Fsp3) is 0.409. The van der Waals surface area contributed by atoms with Crippen molar-refractivity contribution in [3.05, 3.63) is 53.8 Å². The van der Waals surface area contributed by atoms with Crippen molar-refractivity contribution in [1.29, 1.82) is 0 Å². The van der Waals surface area contributed by atoms with Crippen molar-refractivity contribution in [1.82, 2.24) is 10.0 Å². The standard InChI is InChI=1S/C22H25FN2O7S/c23-15-2-5-17(6-3-15)33(28,29)25-18-7-4-16(32-21(18)12-26)9-10-24-22(27)14-1-8-19-20(11-14)31-13-30-19/h1-3,5-6,8,11,16,18,21,25-26H,4,7,9-10,12-13H2,(H,24,27)/t16-,18-,21-/m1/s1. The number of sulfonamides is 1. The Labute approximate surface area is 190 Å². The van der Waals surface area contributed by atoms with Crippen LogP contribution in [-0.4, -0.2) is 57.6 Å². The molecule has 0 bridgehead atoms. The molecule has 1 amide bonds. The fourth-order valence-corrected chi connectivity index (χ4v) is 5.15. The molecule has 1 fully saturated rings. The maximum Gasteiger partial charge on any atom is 0.251 e. The lowest BCUT2D eigenvalue weighted by Gasteiger charge is -2.36. The van der Waals surface area contributed by atoms with Crippen LogP contribution in [0.15, 0.2) is 47.4 Å². The van der Waals surface area contributed by atoms with Gasteiger partial charge in [0.2, 0.25) is 16.8 Å². The summed E-state index contributed by atoms with van der Waals surface area (Å²) in [6.07, 6.45) is 0.526. The number of fused-ring (bicyclic) bond motifs is 1. The molecule has 4 rings (SSSR count). The molecule has 3 atom stereocenters. The SMILES string of the molecule is O=C(NCC[C@H]1CC[C@@H](NS(=O)(=O)c2ccc(F)cc2)[C@@H](CO)O1)c1ccc2c(c1)OCO2. The zero-order valence-electron chi connectivity index (χ0n) is 17.7. The van der Waals surface area contributed by atoms with Gasteiger partial charge in [-0.3, -0.25) is 4.79 Å². The first-order valence-corrected chi connectivity index (χ1v) is 12.1. The molecule has 11 heteroatoms. The van der Waals surface area contributed by atoms with Crippen molar-refractivity contribution in [3.8, 4) is 11.5 Å². The predicted molar refractivity (Wildman–Crippen MR) is 115 cm³/mol. The number of nitrogens with one attached hydrogen (secondary N) is 2. The van der Waals surface area contributed by atoms with Crippen LogP contribution in [0.2, 0.25) is 0 Å². The highest BCUT2D eigenvalue weighted by Gasteiger charge is 2.34. The minimum atomic E-state index is -3.88. The average Bonchev–Trinajstić information content (AvgIpc) is 3.28. The van der Waals surface area contributed by atoms with Crippen LogP contribution in [0.4, 0.5) is 4.39 Å². The van der Waals surface area contributed by atoms with Gasteiger partial charge in [-0.1, -0.05) is 0 Å². The van der Waals surface area contributed by atoms with E-state index in [0.29, 0.717) is 42.9 Å². The third-order valence-electron chi connectivity index (χ3n) is 5.61. The Morgan fingerprint density at radius 1 is 1.09 bits per heavy atom. The molecule has 0 radical (unpaired) electrons. The number of benzene rings is 2. The first kappa shape index (κ1) is 23.4. The number of amides is 1. The Kier molecular flexibility index (Phi) is 7.13. The van der Waals surface area contributed by atoms with Crippen LogP contribution >= 0.6 is 0 Å². The quantitative estimate of drug-likeness (QED) is 0.524. The smallest absolute Gasteiger partial charge is 0.251 e. The molecule has 2 aromatic carbocycles. The number of hydrogen-bond acceptors (Lipinski definition) is 7. The van der Waals surface area contributed by atoms with Gasteiger partial charge in [0.25, 0.3) is 5.91 Å². The van der Waals surface area contributed by atoms with Gasteiger partial charge in [-0.25, -0.2) is 17.5 Å². The Morgan fingerprint density at radius 3 is 2.61 bits per heavy atom. The van der Waals surface area contributed by atoms with Crippen LogP contribution < -0.4 is 19.5 Å². The van der Waals surface area contributed by atoms with E-state index in [1.165, 1.54) is 12.1 Å². The van der Waals surface area contributed by atoms with Crippen molar-refractivity contribution in [3.63, 3.8) is 0 Å². The van der Waals surface area contributed by atoms with Crippen LogP contribution in [0.1, 0.15) is 29.6 Å².